The highest BCUT2D eigenvalue weighted by atomic mass is 35.5. The monoisotopic (exact) mass is 311 g/mol. The van der Waals surface area contributed by atoms with Crippen molar-refractivity contribution in [3.63, 3.8) is 0 Å². The van der Waals surface area contributed by atoms with Crippen molar-refractivity contribution >= 4 is 30.0 Å². The zero-order valence-corrected chi connectivity index (χ0v) is 14.2. The number of halogens is 1. The maximum absolute atomic E-state index is 5.17. The molecular formula is C17H26ClNS. The maximum Gasteiger partial charge on any atom is 0.0139 e. The average Bonchev–Trinajstić information content (AvgIpc) is 2.46. The first-order valence-corrected chi connectivity index (χ1v) is 8.07. The Morgan fingerprint density at radius 1 is 1.25 bits per heavy atom. The molecule has 0 bridgehead atoms. The number of hydrogen-bond acceptors (Lipinski definition) is 2. The van der Waals surface area contributed by atoms with Gasteiger partial charge in [0, 0.05) is 11.4 Å². The first-order valence-electron chi connectivity index (χ1n) is 7.60. The van der Waals surface area contributed by atoms with Crippen molar-refractivity contribution in [2.75, 3.05) is 13.1 Å². The molecule has 1 nitrogen and oxygen atoms in total. The van der Waals surface area contributed by atoms with E-state index in [2.05, 4.69) is 36.9 Å². The molecule has 0 unspecified atom stereocenters. The summed E-state index contributed by atoms with van der Waals surface area (Å²) in [6, 6.07) is 7.30. The van der Waals surface area contributed by atoms with E-state index in [4.69, 9.17) is 12.2 Å². The van der Waals surface area contributed by atoms with E-state index in [1.54, 1.807) is 0 Å². The van der Waals surface area contributed by atoms with Gasteiger partial charge in [-0.1, -0.05) is 44.3 Å². The van der Waals surface area contributed by atoms with E-state index >= 15 is 0 Å². The Labute approximate surface area is 135 Å². The topological polar surface area (TPSA) is 3.24 Å². The molecular weight excluding hydrogens is 286 g/mol. The summed E-state index contributed by atoms with van der Waals surface area (Å²) in [5, 5.41) is 1.85. The van der Waals surface area contributed by atoms with Gasteiger partial charge in [-0.2, -0.15) is 0 Å². The van der Waals surface area contributed by atoms with E-state index in [0.717, 1.165) is 0 Å². The number of aryl methyl sites for hydroxylation is 1. The largest absolute Gasteiger partial charge is 0.300 e. The highest BCUT2D eigenvalue weighted by molar-refractivity contribution is 7.79. The normalized spacial score (nSPS) is 17.4. The van der Waals surface area contributed by atoms with Crippen molar-refractivity contribution in [3.8, 4) is 0 Å². The summed E-state index contributed by atoms with van der Waals surface area (Å²) in [7, 11) is 0. The van der Waals surface area contributed by atoms with Gasteiger partial charge in [0.2, 0.25) is 0 Å². The van der Waals surface area contributed by atoms with Crippen molar-refractivity contribution in [2.24, 2.45) is 0 Å². The molecule has 1 aromatic carbocycles. The van der Waals surface area contributed by atoms with Gasteiger partial charge in [0.05, 0.1) is 0 Å². The molecule has 20 heavy (non-hydrogen) atoms. The van der Waals surface area contributed by atoms with E-state index in [9.17, 15) is 0 Å². The Bertz CT molecular complexity index is 427. The minimum absolute atomic E-state index is 0. The van der Waals surface area contributed by atoms with Crippen LogP contribution in [0.1, 0.15) is 49.8 Å². The van der Waals surface area contributed by atoms with E-state index in [-0.39, 0.29) is 12.4 Å². The molecule has 0 radical (unpaired) electrons. The Morgan fingerprint density at radius 3 is 2.55 bits per heavy atom. The van der Waals surface area contributed by atoms with Gasteiger partial charge >= 0.3 is 0 Å². The highest BCUT2D eigenvalue weighted by Gasteiger charge is 2.24. The van der Waals surface area contributed by atoms with Crippen LogP contribution in [0.2, 0.25) is 0 Å². The zero-order valence-electron chi connectivity index (χ0n) is 12.6. The quantitative estimate of drug-likeness (QED) is 0.715. The molecule has 0 saturated carbocycles. The molecule has 0 heterocycles. The van der Waals surface area contributed by atoms with E-state index in [0.29, 0.717) is 6.04 Å². The van der Waals surface area contributed by atoms with Crippen LogP contribution < -0.4 is 0 Å². The molecule has 1 aliphatic rings. The number of fused-ring (bicyclic) bond motifs is 1. The minimum Gasteiger partial charge on any atom is -0.300 e. The Kier molecular flexibility index (Phi) is 7.71. The van der Waals surface area contributed by atoms with Gasteiger partial charge < -0.3 is 4.90 Å². The van der Waals surface area contributed by atoms with Crippen LogP contribution in [0.15, 0.2) is 18.2 Å². The summed E-state index contributed by atoms with van der Waals surface area (Å²) in [6.07, 6.45) is 6.18. The summed E-state index contributed by atoms with van der Waals surface area (Å²) < 4.78 is 0. The van der Waals surface area contributed by atoms with E-state index in [1.807, 2.05) is 5.37 Å². The number of benzene rings is 1. The van der Waals surface area contributed by atoms with Crippen LogP contribution in [0.3, 0.4) is 0 Å². The Morgan fingerprint density at radius 2 is 1.95 bits per heavy atom. The molecule has 0 aliphatic heterocycles. The molecule has 1 atom stereocenters. The zero-order chi connectivity index (χ0) is 13.7. The van der Waals surface area contributed by atoms with Gasteiger partial charge in [0.25, 0.3) is 0 Å². The lowest BCUT2D eigenvalue weighted by atomic mass is 9.85. The van der Waals surface area contributed by atoms with Crippen molar-refractivity contribution in [2.45, 2.75) is 52.0 Å². The number of nitrogens with zero attached hydrogens (tertiary/aromatic N) is 1. The molecule has 0 N–H and O–H groups in total. The van der Waals surface area contributed by atoms with Crippen LogP contribution in [0.4, 0.5) is 0 Å². The lowest BCUT2D eigenvalue weighted by Gasteiger charge is -2.35. The fourth-order valence-corrected chi connectivity index (χ4v) is 3.49. The maximum atomic E-state index is 5.17. The third kappa shape index (κ3) is 4.03. The summed E-state index contributed by atoms with van der Waals surface area (Å²) >= 11 is 5.17. The molecule has 0 fully saturated rings. The van der Waals surface area contributed by atoms with Gasteiger partial charge in [-0.25, -0.2) is 0 Å². The average molecular weight is 312 g/mol. The van der Waals surface area contributed by atoms with Crippen LogP contribution in [0.5, 0.6) is 0 Å². The van der Waals surface area contributed by atoms with Crippen molar-refractivity contribution in [1.29, 1.82) is 0 Å². The smallest absolute Gasteiger partial charge is 0.0139 e. The molecule has 0 saturated heterocycles. The van der Waals surface area contributed by atoms with Crippen LogP contribution in [0.25, 0.3) is 0 Å². The summed E-state index contributed by atoms with van der Waals surface area (Å²) in [5.41, 5.74) is 4.29. The molecule has 1 aromatic rings. The van der Waals surface area contributed by atoms with Crippen LogP contribution in [-0.2, 0) is 12.8 Å². The fraction of sp³-hybridized carbons (Fsp3) is 0.588. The van der Waals surface area contributed by atoms with Crippen LogP contribution >= 0.6 is 24.6 Å². The van der Waals surface area contributed by atoms with Gasteiger partial charge in [-0.15, -0.1) is 12.4 Å². The third-order valence-corrected chi connectivity index (χ3v) is 4.41. The second-order valence-corrected chi connectivity index (χ2v) is 5.77. The summed E-state index contributed by atoms with van der Waals surface area (Å²) in [4.78, 5) is 2.68. The SMILES string of the molecule is CCCN(CCC)[C@@H]1CCc2cccc(C=S)c2C1.Cl. The fourth-order valence-electron chi connectivity index (χ4n) is 3.27. The predicted molar refractivity (Wildman–Crippen MR) is 94.4 cm³/mol. The highest BCUT2D eigenvalue weighted by Crippen LogP contribution is 2.27. The van der Waals surface area contributed by atoms with E-state index in [1.165, 1.54) is 61.9 Å². The molecule has 2 rings (SSSR count). The summed E-state index contributed by atoms with van der Waals surface area (Å²) in [6.45, 7) is 7.02. The second kappa shape index (κ2) is 8.76. The summed E-state index contributed by atoms with van der Waals surface area (Å²) in [5.74, 6) is 0. The molecule has 0 spiro atoms. The Balaban J connectivity index is 0.00000200. The number of hydrogen-bond donors (Lipinski definition) is 0. The molecule has 112 valence electrons. The lowest BCUT2D eigenvalue weighted by molar-refractivity contribution is 0.180. The van der Waals surface area contributed by atoms with Gasteiger partial charge in [-0.3, -0.25) is 0 Å². The Hall–Kier alpha value is -0.440. The van der Waals surface area contributed by atoms with Crippen LogP contribution in [-0.4, -0.2) is 29.4 Å². The van der Waals surface area contributed by atoms with Crippen molar-refractivity contribution in [1.82, 2.24) is 4.90 Å². The molecule has 0 amide bonds. The van der Waals surface area contributed by atoms with E-state index < -0.39 is 0 Å². The van der Waals surface area contributed by atoms with Crippen molar-refractivity contribution < 1.29 is 0 Å². The number of rotatable bonds is 6. The molecule has 3 heteroatoms. The first-order chi connectivity index (χ1) is 9.30. The standard InChI is InChI=1S/C17H25NS.ClH/c1-3-10-18(11-4-2)16-9-8-14-6-5-7-15(13-19)17(14)12-16;/h5-7,13,16H,3-4,8-12H2,1-2H3;1H/t16-;/m1./s1. The third-order valence-electron chi connectivity index (χ3n) is 4.16. The van der Waals surface area contributed by atoms with Gasteiger partial charge in [0.15, 0.2) is 0 Å². The lowest BCUT2D eigenvalue weighted by Crippen LogP contribution is -2.40. The predicted octanol–water partition coefficient (Wildman–Crippen LogP) is 4.44. The minimum atomic E-state index is 0. The first kappa shape index (κ1) is 17.6. The van der Waals surface area contributed by atoms with Crippen molar-refractivity contribution in [3.05, 3.63) is 34.9 Å². The van der Waals surface area contributed by atoms with Gasteiger partial charge in [0.1, 0.15) is 0 Å². The van der Waals surface area contributed by atoms with Crippen LogP contribution in [0, 0.1) is 0 Å². The molecule has 1 aliphatic carbocycles. The van der Waals surface area contributed by atoms with Gasteiger partial charge in [-0.05, 0) is 61.9 Å². The second-order valence-electron chi connectivity index (χ2n) is 5.54. The number of thiocarbonyl (C=S) groups is 1. The molecule has 0 aromatic heterocycles.